The quantitative estimate of drug-likeness (QED) is 0.824. The van der Waals surface area contributed by atoms with Gasteiger partial charge in [0.1, 0.15) is 0 Å². The van der Waals surface area contributed by atoms with Gasteiger partial charge in [-0.25, -0.2) is 0 Å². The summed E-state index contributed by atoms with van der Waals surface area (Å²) >= 11 is 0. The van der Waals surface area contributed by atoms with Gasteiger partial charge in [-0.15, -0.1) is 0 Å². The monoisotopic (exact) mass is 215 g/mol. The molecule has 0 fully saturated rings. The van der Waals surface area contributed by atoms with E-state index in [1.165, 1.54) is 12.1 Å². The third kappa shape index (κ3) is 2.96. The molecule has 5 heteroatoms. The zero-order chi connectivity index (χ0) is 11.5. The van der Waals surface area contributed by atoms with Crippen molar-refractivity contribution in [1.82, 2.24) is 0 Å². The van der Waals surface area contributed by atoms with Gasteiger partial charge in [-0.3, -0.25) is 0 Å². The molecule has 1 aromatic carbocycles. The minimum Gasteiger partial charge on any atom is -0.387 e. The maximum Gasteiger partial charge on any atom is 0.416 e. The molecule has 1 atom stereocenters. The van der Waals surface area contributed by atoms with Crippen molar-refractivity contribution in [1.29, 1.82) is 5.26 Å². The van der Waals surface area contributed by atoms with E-state index in [-0.39, 0.29) is 6.42 Å². The summed E-state index contributed by atoms with van der Waals surface area (Å²) in [5.74, 6) is 0. The van der Waals surface area contributed by atoms with Gasteiger partial charge in [-0.1, -0.05) is 12.1 Å². The zero-order valence-corrected chi connectivity index (χ0v) is 7.62. The molecule has 0 bridgehead atoms. The van der Waals surface area contributed by atoms with Crippen LogP contribution in [-0.4, -0.2) is 5.11 Å². The molecule has 0 aliphatic rings. The summed E-state index contributed by atoms with van der Waals surface area (Å²) in [5, 5.41) is 17.6. The van der Waals surface area contributed by atoms with Crippen LogP contribution < -0.4 is 0 Å². The van der Waals surface area contributed by atoms with Crippen molar-refractivity contribution >= 4 is 0 Å². The van der Waals surface area contributed by atoms with E-state index in [0.717, 1.165) is 12.1 Å². The standard InChI is InChI=1S/C10H8F3NO/c11-10(12,13)8-3-1-7(2-4-8)9(15)5-6-14/h1-4,9,15H,5H2/t9-/m0/s1. The minimum atomic E-state index is -4.38. The lowest BCUT2D eigenvalue weighted by Crippen LogP contribution is -2.05. The molecule has 1 aromatic rings. The lowest BCUT2D eigenvalue weighted by Gasteiger charge is -2.09. The highest BCUT2D eigenvalue weighted by atomic mass is 19.4. The molecule has 1 N–H and O–H groups in total. The molecule has 0 spiro atoms. The topological polar surface area (TPSA) is 44.0 Å². The summed E-state index contributed by atoms with van der Waals surface area (Å²) in [6.45, 7) is 0. The van der Waals surface area contributed by atoms with E-state index in [1.807, 2.05) is 0 Å². The maximum atomic E-state index is 12.2. The SMILES string of the molecule is N#CC[C@H](O)c1ccc(C(F)(F)F)cc1. The summed E-state index contributed by atoms with van der Waals surface area (Å²) < 4.78 is 36.5. The molecule has 0 saturated carbocycles. The number of hydrogen-bond donors (Lipinski definition) is 1. The Morgan fingerprint density at radius 1 is 1.27 bits per heavy atom. The number of aliphatic hydroxyl groups excluding tert-OH is 1. The van der Waals surface area contributed by atoms with Crippen LogP contribution in [0.15, 0.2) is 24.3 Å². The predicted octanol–water partition coefficient (Wildman–Crippen LogP) is 2.65. The molecule has 0 unspecified atom stereocenters. The molecular formula is C10H8F3NO. The first-order valence-electron chi connectivity index (χ1n) is 4.17. The molecule has 80 valence electrons. The third-order valence-electron chi connectivity index (χ3n) is 1.91. The maximum absolute atomic E-state index is 12.2. The van der Waals surface area contributed by atoms with Crippen molar-refractivity contribution in [2.75, 3.05) is 0 Å². The number of hydrogen-bond acceptors (Lipinski definition) is 2. The summed E-state index contributed by atoms with van der Waals surface area (Å²) in [4.78, 5) is 0. The first kappa shape index (κ1) is 11.5. The van der Waals surface area contributed by atoms with Crippen molar-refractivity contribution in [3.63, 3.8) is 0 Å². The Bertz CT molecular complexity index is 364. The van der Waals surface area contributed by atoms with Crippen molar-refractivity contribution in [3.8, 4) is 6.07 Å². The number of rotatable bonds is 2. The fourth-order valence-corrected chi connectivity index (χ4v) is 1.10. The van der Waals surface area contributed by atoms with Crippen molar-refractivity contribution in [2.24, 2.45) is 0 Å². The van der Waals surface area contributed by atoms with Crippen LogP contribution in [0.2, 0.25) is 0 Å². The third-order valence-corrected chi connectivity index (χ3v) is 1.91. The second-order valence-corrected chi connectivity index (χ2v) is 3.00. The number of aliphatic hydroxyl groups is 1. The molecule has 0 heterocycles. The molecule has 0 aromatic heterocycles. The lowest BCUT2D eigenvalue weighted by atomic mass is 10.1. The molecule has 15 heavy (non-hydrogen) atoms. The van der Waals surface area contributed by atoms with Crippen molar-refractivity contribution < 1.29 is 18.3 Å². The molecule has 2 nitrogen and oxygen atoms in total. The Labute approximate surface area is 84.6 Å². The van der Waals surface area contributed by atoms with E-state index in [0.29, 0.717) is 5.56 Å². The van der Waals surface area contributed by atoms with E-state index in [2.05, 4.69) is 0 Å². The van der Waals surface area contributed by atoms with Gasteiger partial charge >= 0.3 is 6.18 Å². The number of halogens is 3. The fourth-order valence-electron chi connectivity index (χ4n) is 1.10. The van der Waals surface area contributed by atoms with Crippen LogP contribution in [-0.2, 0) is 6.18 Å². The number of nitrogens with zero attached hydrogens (tertiary/aromatic N) is 1. The van der Waals surface area contributed by atoms with Crippen LogP contribution in [0.25, 0.3) is 0 Å². The van der Waals surface area contributed by atoms with Crippen LogP contribution in [0.3, 0.4) is 0 Å². The van der Waals surface area contributed by atoms with Crippen molar-refractivity contribution in [3.05, 3.63) is 35.4 Å². The summed E-state index contributed by atoms with van der Waals surface area (Å²) in [6, 6.07) is 5.85. The Hall–Kier alpha value is -1.54. The van der Waals surface area contributed by atoms with E-state index < -0.39 is 17.8 Å². The number of nitriles is 1. The van der Waals surface area contributed by atoms with Gasteiger partial charge in [0, 0.05) is 0 Å². The molecule has 1 rings (SSSR count). The minimum absolute atomic E-state index is 0.134. The first-order valence-corrected chi connectivity index (χ1v) is 4.17. The zero-order valence-electron chi connectivity index (χ0n) is 7.62. The van der Waals surface area contributed by atoms with Crippen LogP contribution >= 0.6 is 0 Å². The van der Waals surface area contributed by atoms with Gasteiger partial charge in [0.05, 0.1) is 24.2 Å². The molecule has 0 radical (unpaired) electrons. The summed E-state index contributed by atoms with van der Waals surface area (Å²) in [5.41, 5.74) is -0.458. The predicted molar refractivity (Wildman–Crippen MR) is 46.6 cm³/mol. The van der Waals surface area contributed by atoms with Crippen molar-refractivity contribution in [2.45, 2.75) is 18.7 Å². The average Bonchev–Trinajstić information content (AvgIpc) is 2.17. The highest BCUT2D eigenvalue weighted by molar-refractivity contribution is 5.26. The smallest absolute Gasteiger partial charge is 0.387 e. The Morgan fingerprint density at radius 3 is 2.20 bits per heavy atom. The highest BCUT2D eigenvalue weighted by Gasteiger charge is 2.30. The van der Waals surface area contributed by atoms with Gasteiger partial charge in [0.15, 0.2) is 0 Å². The normalized spacial score (nSPS) is 13.3. The Kier molecular flexibility index (Phi) is 3.32. The van der Waals surface area contributed by atoms with Crippen LogP contribution in [0.5, 0.6) is 0 Å². The summed E-state index contributed by atoms with van der Waals surface area (Å²) in [7, 11) is 0. The van der Waals surface area contributed by atoms with Crippen LogP contribution in [0, 0.1) is 11.3 Å². The van der Waals surface area contributed by atoms with E-state index in [4.69, 9.17) is 5.26 Å². The second-order valence-electron chi connectivity index (χ2n) is 3.00. The van der Waals surface area contributed by atoms with E-state index in [1.54, 1.807) is 6.07 Å². The molecule has 0 aliphatic carbocycles. The number of benzene rings is 1. The Morgan fingerprint density at radius 2 is 1.80 bits per heavy atom. The van der Waals surface area contributed by atoms with E-state index in [9.17, 15) is 18.3 Å². The van der Waals surface area contributed by atoms with Gasteiger partial charge in [0.2, 0.25) is 0 Å². The average molecular weight is 215 g/mol. The van der Waals surface area contributed by atoms with Crippen LogP contribution in [0.4, 0.5) is 13.2 Å². The van der Waals surface area contributed by atoms with Gasteiger partial charge in [-0.2, -0.15) is 18.4 Å². The first-order chi connectivity index (χ1) is 6.95. The van der Waals surface area contributed by atoms with Crippen LogP contribution in [0.1, 0.15) is 23.7 Å². The molecule has 0 aliphatic heterocycles. The second kappa shape index (κ2) is 4.32. The lowest BCUT2D eigenvalue weighted by molar-refractivity contribution is -0.137. The Balaban J connectivity index is 2.87. The fraction of sp³-hybridized carbons (Fsp3) is 0.300. The van der Waals surface area contributed by atoms with Gasteiger partial charge in [-0.05, 0) is 17.7 Å². The van der Waals surface area contributed by atoms with Gasteiger partial charge < -0.3 is 5.11 Å². The van der Waals surface area contributed by atoms with Gasteiger partial charge in [0.25, 0.3) is 0 Å². The highest BCUT2D eigenvalue weighted by Crippen LogP contribution is 2.30. The largest absolute Gasteiger partial charge is 0.416 e. The van der Waals surface area contributed by atoms with E-state index >= 15 is 0 Å². The molecular weight excluding hydrogens is 207 g/mol. The number of alkyl halides is 3. The molecule has 0 saturated heterocycles. The summed E-state index contributed by atoms with van der Waals surface area (Å²) in [6.07, 6.45) is -5.54. The molecule has 0 amide bonds.